The minimum atomic E-state index is -0.244. The SMILES string of the molecule is CSc1ccc(OCCNc2ccccc2F)cc1. The molecule has 4 heteroatoms. The second-order valence-corrected chi connectivity index (χ2v) is 4.81. The van der Waals surface area contributed by atoms with Crippen LogP contribution in [-0.2, 0) is 0 Å². The molecule has 0 atom stereocenters. The highest BCUT2D eigenvalue weighted by atomic mass is 32.2. The molecule has 0 fully saturated rings. The van der Waals surface area contributed by atoms with Crippen molar-refractivity contribution < 1.29 is 9.13 Å². The smallest absolute Gasteiger partial charge is 0.146 e. The van der Waals surface area contributed by atoms with Gasteiger partial charge in [-0.15, -0.1) is 11.8 Å². The molecular formula is C15H16FNOS. The first-order chi connectivity index (χ1) is 9.29. The molecule has 0 saturated carbocycles. The lowest BCUT2D eigenvalue weighted by molar-refractivity contribution is 0.332. The van der Waals surface area contributed by atoms with Gasteiger partial charge in [0.25, 0.3) is 0 Å². The number of ether oxygens (including phenoxy) is 1. The molecule has 0 aliphatic carbocycles. The van der Waals surface area contributed by atoms with Gasteiger partial charge in [0.1, 0.15) is 18.2 Å². The minimum Gasteiger partial charge on any atom is -0.492 e. The number of thioether (sulfide) groups is 1. The second-order valence-electron chi connectivity index (χ2n) is 3.93. The largest absolute Gasteiger partial charge is 0.492 e. The normalized spacial score (nSPS) is 10.2. The molecule has 0 heterocycles. The van der Waals surface area contributed by atoms with Crippen LogP contribution in [0.3, 0.4) is 0 Å². The van der Waals surface area contributed by atoms with E-state index in [-0.39, 0.29) is 5.82 Å². The van der Waals surface area contributed by atoms with Crippen molar-refractivity contribution in [3.05, 3.63) is 54.3 Å². The fourth-order valence-corrected chi connectivity index (χ4v) is 2.04. The zero-order valence-electron chi connectivity index (χ0n) is 10.7. The highest BCUT2D eigenvalue weighted by Gasteiger charge is 1.99. The number of rotatable bonds is 6. The van der Waals surface area contributed by atoms with Crippen molar-refractivity contribution in [1.82, 2.24) is 0 Å². The van der Waals surface area contributed by atoms with Gasteiger partial charge < -0.3 is 10.1 Å². The highest BCUT2D eigenvalue weighted by Crippen LogP contribution is 2.19. The molecule has 0 aliphatic heterocycles. The second kappa shape index (κ2) is 7.04. The number of halogens is 1. The van der Waals surface area contributed by atoms with Crippen LogP contribution >= 0.6 is 11.8 Å². The zero-order chi connectivity index (χ0) is 13.5. The predicted molar refractivity (Wildman–Crippen MR) is 78.6 cm³/mol. The van der Waals surface area contributed by atoms with Gasteiger partial charge in [0, 0.05) is 11.4 Å². The molecule has 0 saturated heterocycles. The molecule has 2 rings (SSSR count). The average molecular weight is 277 g/mol. The monoisotopic (exact) mass is 277 g/mol. The quantitative estimate of drug-likeness (QED) is 0.636. The first kappa shape index (κ1) is 13.7. The number of hydrogen-bond acceptors (Lipinski definition) is 3. The third-order valence-electron chi connectivity index (χ3n) is 2.62. The lowest BCUT2D eigenvalue weighted by Gasteiger charge is -2.09. The highest BCUT2D eigenvalue weighted by molar-refractivity contribution is 7.98. The van der Waals surface area contributed by atoms with Crippen LogP contribution in [0.5, 0.6) is 5.75 Å². The maximum atomic E-state index is 13.3. The summed E-state index contributed by atoms with van der Waals surface area (Å²) in [6, 6.07) is 14.5. The van der Waals surface area contributed by atoms with E-state index in [1.54, 1.807) is 30.0 Å². The molecule has 100 valence electrons. The Hall–Kier alpha value is -1.68. The fraction of sp³-hybridized carbons (Fsp3) is 0.200. The fourth-order valence-electron chi connectivity index (χ4n) is 1.63. The standard InChI is InChI=1S/C15H16FNOS/c1-19-13-8-6-12(7-9-13)18-11-10-17-15-5-3-2-4-14(15)16/h2-9,17H,10-11H2,1H3. The average Bonchev–Trinajstić information content (AvgIpc) is 2.46. The van der Waals surface area contributed by atoms with Crippen molar-refractivity contribution in [1.29, 1.82) is 0 Å². The summed E-state index contributed by atoms with van der Waals surface area (Å²) in [7, 11) is 0. The van der Waals surface area contributed by atoms with Crippen LogP contribution in [0.4, 0.5) is 10.1 Å². The molecule has 0 radical (unpaired) electrons. The molecule has 2 nitrogen and oxygen atoms in total. The Kier molecular flexibility index (Phi) is 5.10. The third-order valence-corrected chi connectivity index (χ3v) is 3.36. The number of para-hydroxylation sites is 1. The molecule has 0 spiro atoms. The first-order valence-corrected chi connectivity index (χ1v) is 7.27. The van der Waals surface area contributed by atoms with Gasteiger partial charge in [-0.25, -0.2) is 4.39 Å². The minimum absolute atomic E-state index is 0.244. The van der Waals surface area contributed by atoms with E-state index in [1.807, 2.05) is 30.5 Å². The molecule has 2 aromatic carbocycles. The number of hydrogen-bond donors (Lipinski definition) is 1. The summed E-state index contributed by atoms with van der Waals surface area (Å²) in [5.41, 5.74) is 0.504. The Balaban J connectivity index is 1.76. The van der Waals surface area contributed by atoms with Crippen LogP contribution in [0.25, 0.3) is 0 Å². The maximum absolute atomic E-state index is 13.3. The number of benzene rings is 2. The Morgan fingerprint density at radius 2 is 1.84 bits per heavy atom. The van der Waals surface area contributed by atoms with Gasteiger partial charge in [-0.1, -0.05) is 12.1 Å². The van der Waals surface area contributed by atoms with Gasteiger partial charge in [-0.3, -0.25) is 0 Å². The van der Waals surface area contributed by atoms with E-state index in [4.69, 9.17) is 4.74 Å². The van der Waals surface area contributed by atoms with Crippen LogP contribution in [-0.4, -0.2) is 19.4 Å². The van der Waals surface area contributed by atoms with E-state index in [9.17, 15) is 4.39 Å². The van der Waals surface area contributed by atoms with Crippen LogP contribution < -0.4 is 10.1 Å². The zero-order valence-corrected chi connectivity index (χ0v) is 11.5. The predicted octanol–water partition coefficient (Wildman–Crippen LogP) is 4.04. The molecule has 1 N–H and O–H groups in total. The Bertz CT molecular complexity index is 516. The Morgan fingerprint density at radius 3 is 2.53 bits per heavy atom. The molecule has 0 amide bonds. The van der Waals surface area contributed by atoms with Crippen molar-refractivity contribution in [3.63, 3.8) is 0 Å². The number of anilines is 1. The van der Waals surface area contributed by atoms with Crippen LogP contribution in [0, 0.1) is 5.82 Å². The summed E-state index contributed by atoms with van der Waals surface area (Å²) in [6.07, 6.45) is 2.04. The van der Waals surface area contributed by atoms with E-state index in [0.29, 0.717) is 18.8 Å². The van der Waals surface area contributed by atoms with E-state index in [1.165, 1.54) is 11.0 Å². The van der Waals surface area contributed by atoms with Crippen molar-refractivity contribution in [3.8, 4) is 5.75 Å². The molecule has 0 unspecified atom stereocenters. The molecule has 0 aromatic heterocycles. The van der Waals surface area contributed by atoms with Gasteiger partial charge in [0.05, 0.1) is 5.69 Å². The van der Waals surface area contributed by atoms with Gasteiger partial charge in [-0.05, 0) is 42.7 Å². The van der Waals surface area contributed by atoms with Gasteiger partial charge in [-0.2, -0.15) is 0 Å². The summed E-state index contributed by atoms with van der Waals surface area (Å²) in [5, 5.41) is 3.00. The van der Waals surface area contributed by atoms with Gasteiger partial charge in [0.15, 0.2) is 0 Å². The van der Waals surface area contributed by atoms with Crippen molar-refractivity contribution in [2.75, 3.05) is 24.7 Å². The number of nitrogens with one attached hydrogen (secondary N) is 1. The van der Waals surface area contributed by atoms with Gasteiger partial charge in [0.2, 0.25) is 0 Å². The molecule has 0 bridgehead atoms. The van der Waals surface area contributed by atoms with E-state index in [2.05, 4.69) is 5.32 Å². The molecule has 19 heavy (non-hydrogen) atoms. The summed E-state index contributed by atoms with van der Waals surface area (Å²) >= 11 is 1.70. The van der Waals surface area contributed by atoms with E-state index < -0.39 is 0 Å². The lowest BCUT2D eigenvalue weighted by Crippen LogP contribution is -2.12. The molecule has 0 aliphatic rings. The third kappa shape index (κ3) is 4.17. The molecule has 2 aromatic rings. The maximum Gasteiger partial charge on any atom is 0.146 e. The van der Waals surface area contributed by atoms with Crippen molar-refractivity contribution >= 4 is 17.4 Å². The summed E-state index contributed by atoms with van der Waals surface area (Å²) in [6.45, 7) is 1.05. The van der Waals surface area contributed by atoms with Crippen molar-refractivity contribution in [2.24, 2.45) is 0 Å². The lowest BCUT2D eigenvalue weighted by atomic mass is 10.3. The van der Waals surface area contributed by atoms with Crippen LogP contribution in [0.15, 0.2) is 53.4 Å². The summed E-state index contributed by atoms with van der Waals surface area (Å²) < 4.78 is 18.9. The summed E-state index contributed by atoms with van der Waals surface area (Å²) in [5.74, 6) is 0.583. The Labute approximate surface area is 117 Å². The van der Waals surface area contributed by atoms with Crippen LogP contribution in [0.1, 0.15) is 0 Å². The summed E-state index contributed by atoms with van der Waals surface area (Å²) in [4.78, 5) is 1.21. The van der Waals surface area contributed by atoms with E-state index >= 15 is 0 Å². The van der Waals surface area contributed by atoms with E-state index in [0.717, 1.165) is 5.75 Å². The van der Waals surface area contributed by atoms with Gasteiger partial charge >= 0.3 is 0 Å². The molecular weight excluding hydrogens is 261 g/mol. The Morgan fingerprint density at radius 1 is 1.11 bits per heavy atom. The van der Waals surface area contributed by atoms with Crippen molar-refractivity contribution in [2.45, 2.75) is 4.90 Å². The first-order valence-electron chi connectivity index (χ1n) is 6.05. The van der Waals surface area contributed by atoms with Crippen LogP contribution in [0.2, 0.25) is 0 Å². The topological polar surface area (TPSA) is 21.3 Å².